The predicted octanol–water partition coefficient (Wildman–Crippen LogP) is 4.17. The van der Waals surface area contributed by atoms with Crippen LogP contribution < -0.4 is 10.1 Å². The first kappa shape index (κ1) is 15.2. The van der Waals surface area contributed by atoms with Crippen LogP contribution in [-0.2, 0) is 11.2 Å². The number of methoxy groups -OCH3 is 1. The fraction of sp³-hybridized carbons (Fsp3) is 0.100. The molecule has 2 aromatic heterocycles. The maximum atomic E-state index is 12.4. The first-order valence-corrected chi connectivity index (χ1v) is 7.92. The molecule has 0 fully saturated rings. The molecule has 0 aliphatic carbocycles. The summed E-state index contributed by atoms with van der Waals surface area (Å²) in [5.74, 6) is 0.607. The molecule has 4 aromatic rings. The van der Waals surface area contributed by atoms with E-state index in [0.29, 0.717) is 11.3 Å². The summed E-state index contributed by atoms with van der Waals surface area (Å²) < 4.78 is 10.7. The van der Waals surface area contributed by atoms with Gasteiger partial charge in [0.05, 0.1) is 37.2 Å². The van der Waals surface area contributed by atoms with Gasteiger partial charge in [0.15, 0.2) is 0 Å². The minimum Gasteiger partial charge on any atom is -0.497 e. The number of para-hydroxylation sites is 1. The highest BCUT2D eigenvalue weighted by Gasteiger charge is 2.12. The molecular formula is C20H16N2O3. The van der Waals surface area contributed by atoms with Crippen LogP contribution in [0.5, 0.6) is 5.75 Å². The zero-order valence-corrected chi connectivity index (χ0v) is 13.7. The number of anilines is 1. The number of carbonyl (C=O) groups excluding carboxylic acids is 1. The summed E-state index contributed by atoms with van der Waals surface area (Å²) in [7, 11) is 1.61. The summed E-state index contributed by atoms with van der Waals surface area (Å²) in [4.78, 5) is 16.7. The summed E-state index contributed by atoms with van der Waals surface area (Å²) in [5.41, 5.74) is 3.12. The second kappa shape index (κ2) is 6.28. The molecule has 1 amide bonds. The Labute approximate surface area is 144 Å². The van der Waals surface area contributed by atoms with Crippen LogP contribution in [-0.4, -0.2) is 18.0 Å². The van der Waals surface area contributed by atoms with Gasteiger partial charge in [-0.3, -0.25) is 9.78 Å². The maximum absolute atomic E-state index is 12.4. The number of benzene rings is 2. The molecule has 0 saturated heterocycles. The van der Waals surface area contributed by atoms with E-state index in [4.69, 9.17) is 9.15 Å². The van der Waals surface area contributed by atoms with Gasteiger partial charge in [0.2, 0.25) is 5.91 Å². The largest absolute Gasteiger partial charge is 0.497 e. The van der Waals surface area contributed by atoms with Gasteiger partial charge in [0.1, 0.15) is 11.3 Å². The van der Waals surface area contributed by atoms with Crippen LogP contribution in [0.15, 0.2) is 65.4 Å². The number of nitrogens with one attached hydrogen (secondary N) is 1. The third-order valence-electron chi connectivity index (χ3n) is 4.09. The summed E-state index contributed by atoms with van der Waals surface area (Å²) in [5, 5.41) is 4.79. The highest BCUT2D eigenvalue weighted by atomic mass is 16.5. The summed E-state index contributed by atoms with van der Waals surface area (Å²) in [6.07, 6.45) is 3.51. The molecular weight excluding hydrogens is 316 g/mol. The van der Waals surface area contributed by atoms with Crippen LogP contribution >= 0.6 is 0 Å². The summed E-state index contributed by atoms with van der Waals surface area (Å²) >= 11 is 0. The topological polar surface area (TPSA) is 64.4 Å². The molecule has 0 saturated carbocycles. The molecule has 0 aliphatic rings. The van der Waals surface area contributed by atoms with E-state index in [-0.39, 0.29) is 12.3 Å². The Morgan fingerprint density at radius 1 is 1.20 bits per heavy atom. The smallest absolute Gasteiger partial charge is 0.228 e. The van der Waals surface area contributed by atoms with E-state index in [2.05, 4.69) is 10.3 Å². The third-order valence-corrected chi connectivity index (χ3v) is 4.09. The lowest BCUT2D eigenvalue weighted by atomic mass is 10.1. The van der Waals surface area contributed by atoms with Gasteiger partial charge in [-0.25, -0.2) is 0 Å². The third kappa shape index (κ3) is 3.04. The van der Waals surface area contributed by atoms with E-state index in [1.807, 2.05) is 48.5 Å². The number of hydrogen-bond donors (Lipinski definition) is 1. The van der Waals surface area contributed by atoms with E-state index in [1.54, 1.807) is 19.6 Å². The number of ether oxygens (including phenoxy) is 1. The monoisotopic (exact) mass is 332 g/mol. The SMILES string of the molecule is COc1ccc2c(CC(=O)Nc3cnc4ccccc4c3)coc2c1. The van der Waals surface area contributed by atoms with Crippen molar-refractivity contribution in [3.05, 3.63) is 66.6 Å². The molecule has 2 heterocycles. The van der Waals surface area contributed by atoms with Gasteiger partial charge < -0.3 is 14.5 Å². The van der Waals surface area contributed by atoms with Crippen LogP contribution in [0.3, 0.4) is 0 Å². The van der Waals surface area contributed by atoms with Crippen molar-refractivity contribution in [2.75, 3.05) is 12.4 Å². The number of rotatable bonds is 4. The first-order valence-electron chi connectivity index (χ1n) is 7.92. The van der Waals surface area contributed by atoms with Crippen molar-refractivity contribution in [3.8, 4) is 5.75 Å². The Morgan fingerprint density at radius 3 is 2.96 bits per heavy atom. The van der Waals surface area contributed by atoms with Gasteiger partial charge in [-0.05, 0) is 24.3 Å². The molecule has 25 heavy (non-hydrogen) atoms. The van der Waals surface area contributed by atoms with Crippen LogP contribution in [0, 0.1) is 0 Å². The fourth-order valence-corrected chi connectivity index (χ4v) is 2.84. The molecule has 0 radical (unpaired) electrons. The Hall–Kier alpha value is -3.34. The van der Waals surface area contributed by atoms with Gasteiger partial charge in [-0.15, -0.1) is 0 Å². The Kier molecular flexibility index (Phi) is 3.82. The number of aromatic nitrogens is 1. The summed E-state index contributed by atoms with van der Waals surface area (Å²) in [6, 6.07) is 15.3. The van der Waals surface area contributed by atoms with Crippen molar-refractivity contribution in [2.24, 2.45) is 0 Å². The second-order valence-corrected chi connectivity index (χ2v) is 5.76. The van der Waals surface area contributed by atoms with E-state index >= 15 is 0 Å². The van der Waals surface area contributed by atoms with Crippen LogP contribution in [0.25, 0.3) is 21.9 Å². The van der Waals surface area contributed by atoms with Crippen LogP contribution in [0.1, 0.15) is 5.56 Å². The maximum Gasteiger partial charge on any atom is 0.228 e. The number of amides is 1. The number of carbonyl (C=O) groups is 1. The zero-order chi connectivity index (χ0) is 17.2. The minimum atomic E-state index is -0.115. The molecule has 5 nitrogen and oxygen atoms in total. The van der Waals surface area contributed by atoms with Crippen LogP contribution in [0.4, 0.5) is 5.69 Å². The molecule has 0 atom stereocenters. The van der Waals surface area contributed by atoms with Gasteiger partial charge in [-0.1, -0.05) is 18.2 Å². The molecule has 2 aromatic carbocycles. The summed E-state index contributed by atoms with van der Waals surface area (Å²) in [6.45, 7) is 0. The first-order chi connectivity index (χ1) is 12.2. The van der Waals surface area contributed by atoms with E-state index in [1.165, 1.54) is 0 Å². The highest BCUT2D eigenvalue weighted by Crippen LogP contribution is 2.26. The Balaban J connectivity index is 1.53. The van der Waals surface area contributed by atoms with E-state index in [0.717, 1.165) is 27.6 Å². The quantitative estimate of drug-likeness (QED) is 0.609. The van der Waals surface area contributed by atoms with Gasteiger partial charge >= 0.3 is 0 Å². The number of nitrogens with zero attached hydrogens (tertiary/aromatic N) is 1. The number of hydrogen-bond acceptors (Lipinski definition) is 4. The fourth-order valence-electron chi connectivity index (χ4n) is 2.84. The number of pyridine rings is 1. The second-order valence-electron chi connectivity index (χ2n) is 5.76. The molecule has 124 valence electrons. The Morgan fingerprint density at radius 2 is 2.08 bits per heavy atom. The normalized spacial score (nSPS) is 10.9. The molecule has 0 unspecified atom stereocenters. The molecule has 4 rings (SSSR count). The number of fused-ring (bicyclic) bond motifs is 2. The predicted molar refractivity (Wildman–Crippen MR) is 96.8 cm³/mol. The van der Waals surface area contributed by atoms with Crippen molar-refractivity contribution in [1.82, 2.24) is 4.98 Å². The van der Waals surface area contributed by atoms with Crippen molar-refractivity contribution < 1.29 is 13.9 Å². The van der Waals surface area contributed by atoms with Gasteiger partial charge in [0, 0.05) is 22.4 Å². The molecule has 5 heteroatoms. The lowest BCUT2D eigenvalue weighted by Gasteiger charge is -2.05. The lowest BCUT2D eigenvalue weighted by Crippen LogP contribution is -2.14. The molecule has 1 N–H and O–H groups in total. The zero-order valence-electron chi connectivity index (χ0n) is 13.7. The average molecular weight is 332 g/mol. The van der Waals surface area contributed by atoms with E-state index in [9.17, 15) is 4.79 Å². The van der Waals surface area contributed by atoms with Gasteiger partial charge in [0.25, 0.3) is 0 Å². The van der Waals surface area contributed by atoms with Crippen molar-refractivity contribution in [3.63, 3.8) is 0 Å². The van der Waals surface area contributed by atoms with Crippen molar-refractivity contribution >= 4 is 33.5 Å². The Bertz CT molecular complexity index is 1070. The van der Waals surface area contributed by atoms with Gasteiger partial charge in [-0.2, -0.15) is 0 Å². The van der Waals surface area contributed by atoms with Crippen LogP contribution in [0.2, 0.25) is 0 Å². The highest BCUT2D eigenvalue weighted by molar-refractivity contribution is 5.96. The van der Waals surface area contributed by atoms with Crippen molar-refractivity contribution in [1.29, 1.82) is 0 Å². The van der Waals surface area contributed by atoms with E-state index < -0.39 is 0 Å². The minimum absolute atomic E-state index is 0.115. The number of furan rings is 1. The standard InChI is InChI=1S/C20H16N2O3/c1-24-16-6-7-17-14(12-25-19(17)10-16)9-20(23)22-15-8-13-4-2-3-5-18(13)21-11-15/h2-8,10-12H,9H2,1H3,(H,22,23). The molecule has 0 aliphatic heterocycles. The molecule has 0 spiro atoms. The molecule has 0 bridgehead atoms. The average Bonchev–Trinajstić information content (AvgIpc) is 3.03. The van der Waals surface area contributed by atoms with Crippen molar-refractivity contribution in [2.45, 2.75) is 6.42 Å². The lowest BCUT2D eigenvalue weighted by molar-refractivity contribution is -0.115.